The van der Waals surface area contributed by atoms with Crippen LogP contribution in [0.3, 0.4) is 0 Å². The molecule has 0 aliphatic heterocycles. The molecule has 0 radical (unpaired) electrons. The van der Waals surface area contributed by atoms with Gasteiger partial charge in [-0.3, -0.25) is 4.79 Å². The third-order valence-corrected chi connectivity index (χ3v) is 4.99. The summed E-state index contributed by atoms with van der Waals surface area (Å²) in [4.78, 5) is 15.8. The fraction of sp³-hybridized carbons (Fsp3) is 0.769. The van der Waals surface area contributed by atoms with Gasteiger partial charge in [0.25, 0.3) is 0 Å². The van der Waals surface area contributed by atoms with Crippen molar-refractivity contribution in [1.29, 1.82) is 0 Å². The van der Waals surface area contributed by atoms with Crippen LogP contribution in [0.1, 0.15) is 32.6 Å². The van der Waals surface area contributed by atoms with Crippen LogP contribution in [0, 0.1) is 5.92 Å². The van der Waals surface area contributed by atoms with Gasteiger partial charge in [-0.1, -0.05) is 11.8 Å². The third-order valence-electron chi connectivity index (χ3n) is 3.68. The van der Waals surface area contributed by atoms with E-state index in [0.29, 0.717) is 38.0 Å². The fourth-order valence-electron chi connectivity index (χ4n) is 2.41. The Bertz CT molecular complexity index is 455. The molecule has 1 aliphatic carbocycles. The maximum Gasteiger partial charge on any atom is 0.308 e. The average molecular weight is 299 g/mol. The van der Waals surface area contributed by atoms with Gasteiger partial charge in [0.2, 0.25) is 0 Å². The smallest absolute Gasteiger partial charge is 0.308 e. The molecule has 0 atom stereocenters. The Morgan fingerprint density at radius 2 is 2.30 bits per heavy atom. The first kappa shape index (κ1) is 15.3. The van der Waals surface area contributed by atoms with Gasteiger partial charge in [0, 0.05) is 12.8 Å². The molecule has 0 amide bonds. The molecule has 1 fully saturated rings. The predicted octanol–water partition coefficient (Wildman–Crippen LogP) is 1.39. The Morgan fingerprint density at radius 3 is 2.85 bits per heavy atom. The first-order valence-electron chi connectivity index (χ1n) is 6.90. The lowest BCUT2D eigenvalue weighted by Crippen LogP contribution is -2.38. The number of aliphatic hydroxyl groups is 1. The molecule has 1 aromatic heterocycles. The number of rotatable bonds is 5. The summed E-state index contributed by atoms with van der Waals surface area (Å²) in [7, 11) is 1.83. The highest BCUT2D eigenvalue weighted by Crippen LogP contribution is 2.36. The molecular weight excluding hydrogens is 278 g/mol. The van der Waals surface area contributed by atoms with E-state index in [2.05, 4.69) is 10.1 Å². The van der Waals surface area contributed by atoms with E-state index in [4.69, 9.17) is 4.74 Å². The minimum atomic E-state index is -0.723. The maximum absolute atomic E-state index is 11.7. The Morgan fingerprint density at radius 1 is 1.60 bits per heavy atom. The van der Waals surface area contributed by atoms with Gasteiger partial charge in [-0.15, -0.1) is 0 Å². The van der Waals surface area contributed by atoms with Gasteiger partial charge in [-0.25, -0.2) is 9.67 Å². The molecule has 0 bridgehead atoms. The zero-order chi connectivity index (χ0) is 14.6. The highest BCUT2D eigenvalue weighted by atomic mass is 32.2. The lowest BCUT2D eigenvalue weighted by atomic mass is 9.80. The van der Waals surface area contributed by atoms with Crippen molar-refractivity contribution in [3.8, 4) is 0 Å². The van der Waals surface area contributed by atoms with Gasteiger partial charge in [0.05, 0.1) is 18.1 Å². The van der Waals surface area contributed by atoms with E-state index in [1.54, 1.807) is 4.68 Å². The lowest BCUT2D eigenvalue weighted by Gasteiger charge is -2.34. The van der Waals surface area contributed by atoms with E-state index in [0.717, 1.165) is 5.16 Å². The number of hydrogen-bond acceptors (Lipinski definition) is 6. The Kier molecular flexibility index (Phi) is 5.04. The number of ether oxygens (including phenoxy) is 1. The van der Waals surface area contributed by atoms with E-state index < -0.39 is 5.60 Å². The normalized spacial score (nSPS) is 26.4. The quantitative estimate of drug-likeness (QED) is 0.654. The van der Waals surface area contributed by atoms with Crippen LogP contribution in [0.15, 0.2) is 11.5 Å². The second-order valence-corrected chi connectivity index (χ2v) is 6.15. The van der Waals surface area contributed by atoms with Crippen molar-refractivity contribution in [1.82, 2.24) is 14.8 Å². The summed E-state index contributed by atoms with van der Waals surface area (Å²) < 4.78 is 6.73. The number of aromatic nitrogens is 3. The highest BCUT2D eigenvalue weighted by molar-refractivity contribution is 7.99. The molecule has 1 N–H and O–H groups in total. The lowest BCUT2D eigenvalue weighted by molar-refractivity contribution is -0.150. The molecule has 1 heterocycles. The minimum absolute atomic E-state index is 0.0601. The summed E-state index contributed by atoms with van der Waals surface area (Å²) in [5.74, 6) is 0.389. The highest BCUT2D eigenvalue weighted by Gasteiger charge is 2.36. The standard InChI is InChI=1S/C13H21N3O3S/c1-3-19-11(17)10-4-6-13(18,7-5-10)8-20-12-14-9-15-16(12)2/h9-10,18H,3-8H2,1-2H3. The first-order chi connectivity index (χ1) is 9.54. The van der Waals surface area contributed by atoms with Crippen LogP contribution >= 0.6 is 11.8 Å². The van der Waals surface area contributed by atoms with Crippen molar-refractivity contribution in [2.24, 2.45) is 13.0 Å². The maximum atomic E-state index is 11.7. The molecule has 6 nitrogen and oxygen atoms in total. The summed E-state index contributed by atoms with van der Waals surface area (Å²) in [5, 5.41) is 15.4. The zero-order valence-electron chi connectivity index (χ0n) is 11.9. The van der Waals surface area contributed by atoms with Crippen molar-refractivity contribution in [3.63, 3.8) is 0 Å². The summed E-state index contributed by atoms with van der Waals surface area (Å²) in [6.45, 7) is 2.23. The number of carbonyl (C=O) groups excluding carboxylic acids is 1. The van der Waals surface area contributed by atoms with Crippen LogP contribution in [0.4, 0.5) is 0 Å². The molecule has 2 rings (SSSR count). The number of aryl methyl sites for hydroxylation is 1. The molecule has 112 valence electrons. The SMILES string of the molecule is CCOC(=O)C1CCC(O)(CSc2ncnn2C)CC1. The number of nitrogens with zero attached hydrogens (tertiary/aromatic N) is 3. The van der Waals surface area contributed by atoms with Gasteiger partial charge in [-0.05, 0) is 32.6 Å². The summed E-state index contributed by atoms with van der Waals surface area (Å²) >= 11 is 1.50. The molecule has 1 aromatic rings. The Balaban J connectivity index is 1.82. The molecule has 7 heteroatoms. The van der Waals surface area contributed by atoms with E-state index in [9.17, 15) is 9.90 Å². The van der Waals surface area contributed by atoms with Crippen molar-refractivity contribution < 1.29 is 14.6 Å². The molecule has 0 unspecified atom stereocenters. The zero-order valence-corrected chi connectivity index (χ0v) is 12.7. The summed E-state index contributed by atoms with van der Waals surface area (Å²) in [6, 6.07) is 0. The van der Waals surface area contributed by atoms with Crippen LogP contribution < -0.4 is 0 Å². The van der Waals surface area contributed by atoms with Crippen molar-refractivity contribution in [3.05, 3.63) is 6.33 Å². The second kappa shape index (κ2) is 6.58. The first-order valence-corrected chi connectivity index (χ1v) is 7.88. The summed E-state index contributed by atoms with van der Waals surface area (Å²) in [6.07, 6.45) is 4.14. The monoisotopic (exact) mass is 299 g/mol. The molecule has 20 heavy (non-hydrogen) atoms. The van der Waals surface area contributed by atoms with Gasteiger partial charge >= 0.3 is 5.97 Å². The predicted molar refractivity (Wildman–Crippen MR) is 75.3 cm³/mol. The molecule has 1 saturated carbocycles. The van der Waals surface area contributed by atoms with Crippen molar-refractivity contribution in [2.45, 2.75) is 43.4 Å². The van der Waals surface area contributed by atoms with Crippen LogP contribution in [-0.4, -0.2) is 43.8 Å². The number of thioether (sulfide) groups is 1. The molecule has 0 saturated heterocycles. The molecule has 0 spiro atoms. The van der Waals surface area contributed by atoms with Gasteiger partial charge in [0.1, 0.15) is 6.33 Å². The van der Waals surface area contributed by atoms with Crippen LogP contribution in [0.2, 0.25) is 0 Å². The average Bonchev–Trinajstić information content (AvgIpc) is 2.83. The third kappa shape index (κ3) is 3.73. The van der Waals surface area contributed by atoms with E-state index in [1.165, 1.54) is 18.1 Å². The molecule has 1 aliphatic rings. The van der Waals surface area contributed by atoms with E-state index >= 15 is 0 Å². The topological polar surface area (TPSA) is 77.2 Å². The van der Waals surface area contributed by atoms with Gasteiger partial charge in [-0.2, -0.15) is 5.10 Å². The number of carbonyl (C=O) groups is 1. The number of esters is 1. The van der Waals surface area contributed by atoms with E-state index in [-0.39, 0.29) is 11.9 Å². The Labute approximate surface area is 122 Å². The fourth-order valence-corrected chi connectivity index (χ4v) is 3.45. The van der Waals surface area contributed by atoms with E-state index in [1.807, 2.05) is 14.0 Å². The van der Waals surface area contributed by atoms with Gasteiger partial charge < -0.3 is 9.84 Å². The minimum Gasteiger partial charge on any atom is -0.466 e. The number of hydrogen-bond donors (Lipinski definition) is 1. The molecule has 0 aromatic carbocycles. The van der Waals surface area contributed by atoms with Crippen LogP contribution in [0.25, 0.3) is 0 Å². The van der Waals surface area contributed by atoms with Crippen LogP contribution in [-0.2, 0) is 16.6 Å². The molecular formula is C13H21N3O3S. The summed E-state index contributed by atoms with van der Waals surface area (Å²) in [5.41, 5.74) is -0.723. The Hall–Kier alpha value is -1.08. The van der Waals surface area contributed by atoms with Crippen molar-refractivity contribution in [2.75, 3.05) is 12.4 Å². The largest absolute Gasteiger partial charge is 0.466 e. The van der Waals surface area contributed by atoms with Crippen molar-refractivity contribution >= 4 is 17.7 Å². The second-order valence-electron chi connectivity index (χ2n) is 5.21. The van der Waals surface area contributed by atoms with Crippen LogP contribution in [0.5, 0.6) is 0 Å². The van der Waals surface area contributed by atoms with Gasteiger partial charge in [0.15, 0.2) is 5.16 Å².